The maximum atomic E-state index is 14.8. The van der Waals surface area contributed by atoms with Gasteiger partial charge in [-0.2, -0.15) is 17.6 Å². The summed E-state index contributed by atoms with van der Waals surface area (Å²) in [5.74, 6) is -17.5. The molecular weight excluding hydrogens is 548 g/mol. The minimum atomic E-state index is -5.51. The van der Waals surface area contributed by atoms with Crippen LogP contribution in [0.2, 0.25) is 0 Å². The molecule has 0 fully saturated rings. The molecule has 2 aromatic rings. The van der Waals surface area contributed by atoms with Crippen LogP contribution in [0.1, 0.15) is 68.3 Å². The van der Waals surface area contributed by atoms with E-state index in [0.29, 0.717) is 59.4 Å². The maximum absolute atomic E-state index is 14.8. The van der Waals surface area contributed by atoms with Crippen molar-refractivity contribution in [1.29, 1.82) is 0 Å². The molecule has 38 heavy (non-hydrogen) atoms. The van der Waals surface area contributed by atoms with E-state index in [1.807, 2.05) is 13.8 Å². The molecule has 2 aromatic heterocycles. The second kappa shape index (κ2) is 9.95. The Bertz CT molecular complexity index is 1240. The number of alkyl halides is 4. The molecule has 0 spiro atoms. The van der Waals surface area contributed by atoms with Gasteiger partial charge in [0.2, 0.25) is 0 Å². The topological polar surface area (TPSA) is 144 Å². The highest BCUT2D eigenvalue weighted by molar-refractivity contribution is 7.17. The van der Waals surface area contributed by atoms with Crippen molar-refractivity contribution in [3.8, 4) is 0 Å². The number of halogens is 4. The van der Waals surface area contributed by atoms with Gasteiger partial charge in [-0.3, -0.25) is 19.2 Å². The summed E-state index contributed by atoms with van der Waals surface area (Å²) >= 11 is 1.64. The van der Waals surface area contributed by atoms with E-state index in [1.54, 1.807) is 10.6 Å². The van der Waals surface area contributed by atoms with E-state index in [-0.39, 0.29) is 33.0 Å². The predicted octanol–water partition coefficient (Wildman–Crippen LogP) is 4.10. The molecule has 4 rings (SSSR count). The molecule has 2 atom stereocenters. The van der Waals surface area contributed by atoms with Crippen LogP contribution >= 0.6 is 22.7 Å². The Hall–Kier alpha value is -3.00. The Labute approximate surface area is 223 Å². The third-order valence-electron chi connectivity index (χ3n) is 6.93. The number of hydrogen-bond donors (Lipinski definition) is 4. The van der Waals surface area contributed by atoms with Gasteiger partial charge in [-0.25, -0.2) is 0 Å². The summed E-state index contributed by atoms with van der Waals surface area (Å²) in [6.07, 6.45) is 3.26. The fourth-order valence-corrected chi connectivity index (χ4v) is 7.67. The van der Waals surface area contributed by atoms with Crippen LogP contribution in [0.3, 0.4) is 0 Å². The van der Waals surface area contributed by atoms with Crippen LogP contribution in [0.25, 0.3) is 0 Å². The second-order valence-corrected chi connectivity index (χ2v) is 12.1. The third kappa shape index (κ3) is 4.79. The van der Waals surface area contributed by atoms with Crippen molar-refractivity contribution < 1.29 is 36.7 Å². The van der Waals surface area contributed by atoms with E-state index in [9.17, 15) is 36.7 Å². The molecular formula is C24H26F4N4O4S2. The number of anilines is 2. The first-order chi connectivity index (χ1) is 17.6. The van der Waals surface area contributed by atoms with Crippen LogP contribution in [0, 0.1) is 11.8 Å². The van der Waals surface area contributed by atoms with Gasteiger partial charge in [-0.15, -0.1) is 22.7 Å². The molecule has 2 aliphatic rings. The summed E-state index contributed by atoms with van der Waals surface area (Å²) in [7, 11) is 0. The Morgan fingerprint density at radius 1 is 0.737 bits per heavy atom. The number of fused-ring (bicyclic) bond motifs is 2. The molecule has 0 bridgehead atoms. The van der Waals surface area contributed by atoms with E-state index in [4.69, 9.17) is 11.5 Å². The lowest BCUT2D eigenvalue weighted by molar-refractivity contribution is -0.204. The molecule has 14 heteroatoms. The van der Waals surface area contributed by atoms with Gasteiger partial charge in [0.25, 0.3) is 11.8 Å². The van der Waals surface area contributed by atoms with Crippen molar-refractivity contribution in [3.63, 3.8) is 0 Å². The van der Waals surface area contributed by atoms with E-state index in [2.05, 4.69) is 0 Å². The molecule has 0 aliphatic heterocycles. The zero-order valence-electron chi connectivity index (χ0n) is 20.5. The maximum Gasteiger partial charge on any atom is 0.396 e. The molecule has 206 valence electrons. The minimum absolute atomic E-state index is 0.196. The van der Waals surface area contributed by atoms with Gasteiger partial charge in [0, 0.05) is 9.75 Å². The standard InChI is InChI=1S/C24H26F4N4O4S2/c1-9-3-5-11-13(7-9)37-19(15(11)17(29)33)31-21(35)23(25,26)24(27,28)22(36)32-20-16(18(30)34)12-6-4-10(2)8-14(12)38-20/h9-10H,3-8H2,1-2H3,(H2,29,33)(H2,30,34)(H,31,35)(H,32,36). The number of amides is 4. The highest BCUT2D eigenvalue weighted by Crippen LogP contribution is 2.43. The van der Waals surface area contributed by atoms with Crippen molar-refractivity contribution in [2.24, 2.45) is 23.3 Å². The quantitative estimate of drug-likeness (QED) is 0.369. The number of carbonyl (C=O) groups is 4. The summed E-state index contributed by atoms with van der Waals surface area (Å²) in [6.45, 7) is 3.90. The van der Waals surface area contributed by atoms with Crippen LogP contribution in [0.4, 0.5) is 27.6 Å². The number of carbonyl (C=O) groups excluding carboxylic acids is 4. The fraction of sp³-hybridized carbons (Fsp3) is 0.500. The SMILES string of the molecule is CC1CCc2c(sc(NC(=O)C(F)(F)C(F)(F)C(=O)Nc3sc4c(c3C(N)=O)CCC(C)C4)c2C(N)=O)C1. The van der Waals surface area contributed by atoms with E-state index in [0.717, 1.165) is 22.7 Å². The van der Waals surface area contributed by atoms with Crippen molar-refractivity contribution in [2.45, 2.75) is 64.2 Å². The van der Waals surface area contributed by atoms with Crippen LogP contribution in [0.15, 0.2) is 0 Å². The Morgan fingerprint density at radius 3 is 1.39 bits per heavy atom. The lowest BCUT2D eigenvalue weighted by atomic mass is 9.88. The lowest BCUT2D eigenvalue weighted by Crippen LogP contribution is -2.56. The second-order valence-electron chi connectivity index (χ2n) is 9.90. The number of hydrogen-bond acceptors (Lipinski definition) is 6. The number of thiophene rings is 2. The first kappa shape index (κ1) is 28.0. The first-order valence-corrected chi connectivity index (χ1v) is 13.6. The molecule has 6 N–H and O–H groups in total. The van der Waals surface area contributed by atoms with Crippen molar-refractivity contribution in [2.75, 3.05) is 10.6 Å². The number of rotatable bonds is 7. The molecule has 0 saturated heterocycles. The smallest absolute Gasteiger partial charge is 0.365 e. The highest BCUT2D eigenvalue weighted by Gasteiger charge is 2.67. The van der Waals surface area contributed by atoms with Gasteiger partial charge in [-0.1, -0.05) is 13.8 Å². The summed E-state index contributed by atoms with van der Waals surface area (Å²) < 4.78 is 59.3. The molecule has 2 unspecified atom stereocenters. The lowest BCUT2D eigenvalue weighted by Gasteiger charge is -2.24. The van der Waals surface area contributed by atoms with Gasteiger partial charge < -0.3 is 22.1 Å². The summed E-state index contributed by atoms with van der Waals surface area (Å²) in [5, 5.41) is 2.67. The largest absolute Gasteiger partial charge is 0.396 e. The number of nitrogens with two attached hydrogens (primary N) is 2. The highest BCUT2D eigenvalue weighted by atomic mass is 32.1. The summed E-state index contributed by atoms with van der Waals surface area (Å²) in [5.41, 5.74) is 11.4. The van der Waals surface area contributed by atoms with Gasteiger partial charge in [-0.05, 0) is 61.5 Å². The predicted molar refractivity (Wildman–Crippen MR) is 135 cm³/mol. The first-order valence-electron chi connectivity index (χ1n) is 11.9. The molecule has 0 aromatic carbocycles. The summed E-state index contributed by atoms with van der Waals surface area (Å²) in [6, 6.07) is 0. The summed E-state index contributed by atoms with van der Waals surface area (Å²) in [4.78, 5) is 50.2. The molecule has 0 radical (unpaired) electrons. The van der Waals surface area contributed by atoms with Gasteiger partial charge in [0.15, 0.2) is 0 Å². The zero-order valence-corrected chi connectivity index (χ0v) is 22.1. The number of primary amides is 2. The van der Waals surface area contributed by atoms with Crippen molar-refractivity contribution in [3.05, 3.63) is 32.0 Å². The Morgan fingerprint density at radius 2 is 1.08 bits per heavy atom. The minimum Gasteiger partial charge on any atom is -0.365 e. The molecule has 0 saturated carbocycles. The molecule has 2 aliphatic carbocycles. The molecule has 8 nitrogen and oxygen atoms in total. The monoisotopic (exact) mass is 574 g/mol. The van der Waals surface area contributed by atoms with Gasteiger partial charge in [0.05, 0.1) is 11.1 Å². The average Bonchev–Trinajstić information content (AvgIpc) is 3.35. The van der Waals surface area contributed by atoms with Crippen LogP contribution in [0.5, 0.6) is 0 Å². The van der Waals surface area contributed by atoms with Crippen LogP contribution in [-0.2, 0) is 35.3 Å². The number of nitrogens with one attached hydrogen (secondary N) is 2. The molecule has 2 heterocycles. The van der Waals surface area contributed by atoms with Gasteiger partial charge >= 0.3 is 23.7 Å². The zero-order chi connectivity index (χ0) is 28.2. The molecule has 4 amide bonds. The Balaban J connectivity index is 1.59. The fourth-order valence-electron chi connectivity index (χ4n) is 4.85. The third-order valence-corrected chi connectivity index (χ3v) is 9.27. The van der Waals surface area contributed by atoms with E-state index >= 15 is 0 Å². The van der Waals surface area contributed by atoms with Crippen LogP contribution in [-0.4, -0.2) is 35.5 Å². The van der Waals surface area contributed by atoms with Crippen LogP contribution < -0.4 is 22.1 Å². The van der Waals surface area contributed by atoms with Crippen molar-refractivity contribution in [1.82, 2.24) is 0 Å². The van der Waals surface area contributed by atoms with Crippen molar-refractivity contribution >= 4 is 56.3 Å². The van der Waals surface area contributed by atoms with E-state index < -0.39 is 35.5 Å². The average molecular weight is 575 g/mol. The van der Waals surface area contributed by atoms with Gasteiger partial charge in [0.1, 0.15) is 10.0 Å². The normalized spacial score (nSPS) is 19.3. The Kier molecular flexibility index (Phi) is 7.34. The van der Waals surface area contributed by atoms with E-state index in [1.165, 1.54) is 0 Å².